The number of rotatable bonds is 0. The molecule has 0 amide bonds. The smallest absolute Gasteiger partial charge is 0.151 e. The SMILES string of the molecule is CC(C)(C)c1[nH]cc(P)c1F. The Morgan fingerprint density at radius 3 is 2.18 bits per heavy atom. The molecular weight excluding hydrogens is 160 g/mol. The van der Waals surface area contributed by atoms with Gasteiger partial charge >= 0.3 is 0 Å². The van der Waals surface area contributed by atoms with Crippen LogP contribution in [0.25, 0.3) is 0 Å². The lowest BCUT2D eigenvalue weighted by atomic mass is 9.92. The van der Waals surface area contributed by atoms with Crippen molar-refractivity contribution in [1.82, 2.24) is 4.98 Å². The molecule has 1 aromatic rings. The molecule has 3 heteroatoms. The molecular formula is C8H13FNP. The van der Waals surface area contributed by atoms with Crippen LogP contribution in [0.1, 0.15) is 26.5 Å². The van der Waals surface area contributed by atoms with Crippen molar-refractivity contribution in [1.29, 1.82) is 0 Å². The first-order valence-corrected chi connectivity index (χ1v) is 4.13. The van der Waals surface area contributed by atoms with Crippen LogP contribution in [0, 0.1) is 5.82 Å². The van der Waals surface area contributed by atoms with Crippen molar-refractivity contribution in [2.45, 2.75) is 26.2 Å². The maximum absolute atomic E-state index is 13.2. The molecule has 1 unspecified atom stereocenters. The zero-order chi connectivity index (χ0) is 8.65. The molecule has 1 N–H and O–H groups in total. The van der Waals surface area contributed by atoms with Gasteiger partial charge in [0.15, 0.2) is 5.82 Å². The van der Waals surface area contributed by atoms with Gasteiger partial charge < -0.3 is 4.98 Å². The Bertz CT molecular complexity index is 260. The summed E-state index contributed by atoms with van der Waals surface area (Å²) in [5, 5.41) is 0.606. The van der Waals surface area contributed by atoms with Crippen LogP contribution in [0.5, 0.6) is 0 Å². The number of halogens is 1. The number of aromatic nitrogens is 1. The Morgan fingerprint density at radius 2 is 2.00 bits per heavy atom. The summed E-state index contributed by atoms with van der Waals surface area (Å²) in [5.41, 5.74) is 0.529. The van der Waals surface area contributed by atoms with Gasteiger partial charge in [-0.3, -0.25) is 0 Å². The molecule has 0 bridgehead atoms. The maximum atomic E-state index is 13.2. The molecule has 0 fully saturated rings. The highest BCUT2D eigenvalue weighted by Gasteiger charge is 2.20. The van der Waals surface area contributed by atoms with Crippen molar-refractivity contribution in [3.05, 3.63) is 17.7 Å². The van der Waals surface area contributed by atoms with Gasteiger partial charge in [0.25, 0.3) is 0 Å². The summed E-state index contributed by atoms with van der Waals surface area (Å²) in [6.07, 6.45) is 1.67. The fourth-order valence-corrected chi connectivity index (χ4v) is 1.19. The molecule has 62 valence electrons. The van der Waals surface area contributed by atoms with E-state index in [2.05, 4.69) is 14.2 Å². The number of hydrogen-bond donors (Lipinski definition) is 1. The average molecular weight is 173 g/mol. The molecule has 0 saturated heterocycles. The Balaban J connectivity index is 3.15. The Morgan fingerprint density at radius 1 is 1.45 bits per heavy atom. The van der Waals surface area contributed by atoms with E-state index < -0.39 is 0 Å². The molecule has 0 aliphatic heterocycles. The van der Waals surface area contributed by atoms with Crippen molar-refractivity contribution in [2.75, 3.05) is 0 Å². The van der Waals surface area contributed by atoms with Gasteiger partial charge in [0.05, 0.1) is 5.69 Å². The van der Waals surface area contributed by atoms with Crippen molar-refractivity contribution in [3.8, 4) is 0 Å². The molecule has 0 spiro atoms. The maximum Gasteiger partial charge on any atom is 0.151 e. The van der Waals surface area contributed by atoms with Crippen LogP contribution in [0.3, 0.4) is 0 Å². The second-order valence-corrected chi connectivity index (χ2v) is 4.31. The summed E-state index contributed by atoms with van der Waals surface area (Å²) in [6, 6.07) is 0. The average Bonchev–Trinajstić information content (AvgIpc) is 2.11. The molecule has 1 rings (SSSR count). The van der Waals surface area contributed by atoms with Crippen LogP contribution in [-0.4, -0.2) is 4.98 Å². The number of hydrogen-bond acceptors (Lipinski definition) is 0. The normalized spacial score (nSPS) is 12.1. The van der Waals surface area contributed by atoms with Gasteiger partial charge in [-0.15, -0.1) is 9.24 Å². The minimum absolute atomic E-state index is 0.137. The Hall–Kier alpha value is -0.360. The number of nitrogens with one attached hydrogen (secondary N) is 1. The van der Waals surface area contributed by atoms with Crippen molar-refractivity contribution >= 4 is 14.5 Å². The number of H-pyrrole nitrogens is 1. The van der Waals surface area contributed by atoms with E-state index in [-0.39, 0.29) is 11.2 Å². The van der Waals surface area contributed by atoms with Gasteiger partial charge in [-0.25, -0.2) is 4.39 Å². The molecule has 0 radical (unpaired) electrons. The fourth-order valence-electron chi connectivity index (χ4n) is 0.967. The standard InChI is InChI=1S/C8H13FNP/c1-8(2,3)7-6(9)5(11)4-10-7/h4,10H,11H2,1-3H3. The third-order valence-electron chi connectivity index (χ3n) is 1.59. The fraction of sp³-hybridized carbons (Fsp3) is 0.500. The Labute approximate surface area is 68.6 Å². The highest BCUT2D eigenvalue weighted by molar-refractivity contribution is 7.27. The minimum atomic E-state index is -0.140. The van der Waals surface area contributed by atoms with Crippen LogP contribution >= 0.6 is 9.24 Å². The highest BCUT2D eigenvalue weighted by Crippen LogP contribution is 2.22. The summed E-state index contributed by atoms with van der Waals surface area (Å²) in [4.78, 5) is 2.92. The molecule has 0 saturated carbocycles. The second-order valence-electron chi connectivity index (χ2n) is 3.68. The van der Waals surface area contributed by atoms with Gasteiger partial charge in [0, 0.05) is 16.9 Å². The second kappa shape index (κ2) is 2.60. The van der Waals surface area contributed by atoms with Crippen molar-refractivity contribution < 1.29 is 4.39 Å². The molecule has 1 heterocycles. The van der Waals surface area contributed by atoms with Crippen molar-refractivity contribution in [2.24, 2.45) is 0 Å². The van der Waals surface area contributed by atoms with E-state index >= 15 is 0 Å². The molecule has 11 heavy (non-hydrogen) atoms. The monoisotopic (exact) mass is 173 g/mol. The first-order valence-electron chi connectivity index (χ1n) is 3.56. The lowest BCUT2D eigenvalue weighted by Gasteiger charge is -2.16. The minimum Gasteiger partial charge on any atom is -0.361 e. The van der Waals surface area contributed by atoms with E-state index in [1.165, 1.54) is 0 Å². The van der Waals surface area contributed by atoms with Crippen molar-refractivity contribution in [3.63, 3.8) is 0 Å². The molecule has 1 atom stereocenters. The molecule has 0 aliphatic carbocycles. The van der Waals surface area contributed by atoms with E-state index in [1.54, 1.807) is 6.20 Å². The van der Waals surface area contributed by atoms with Gasteiger partial charge in [0.1, 0.15) is 0 Å². The summed E-state index contributed by atoms with van der Waals surface area (Å²) >= 11 is 0. The van der Waals surface area contributed by atoms with Crippen LogP contribution in [-0.2, 0) is 5.41 Å². The third-order valence-corrected chi connectivity index (χ3v) is 2.02. The van der Waals surface area contributed by atoms with Crippen LogP contribution in [0.4, 0.5) is 4.39 Å². The third kappa shape index (κ3) is 1.62. The van der Waals surface area contributed by atoms with E-state index in [4.69, 9.17) is 0 Å². The first-order chi connectivity index (χ1) is 4.93. The topological polar surface area (TPSA) is 15.8 Å². The number of aromatic amines is 1. The highest BCUT2D eigenvalue weighted by atomic mass is 31.0. The summed E-state index contributed by atoms with van der Waals surface area (Å²) in [6.45, 7) is 5.93. The zero-order valence-electron chi connectivity index (χ0n) is 7.03. The Kier molecular flexibility index (Phi) is 2.06. The first kappa shape index (κ1) is 8.73. The molecule has 1 nitrogen and oxygen atoms in total. The largest absolute Gasteiger partial charge is 0.361 e. The molecule has 0 aromatic carbocycles. The van der Waals surface area contributed by atoms with E-state index in [9.17, 15) is 4.39 Å². The lowest BCUT2D eigenvalue weighted by Crippen LogP contribution is -2.14. The van der Waals surface area contributed by atoms with Gasteiger partial charge in [-0.1, -0.05) is 20.8 Å². The summed E-state index contributed by atoms with van der Waals surface area (Å²) in [5.74, 6) is -0.137. The van der Waals surface area contributed by atoms with E-state index in [1.807, 2.05) is 20.8 Å². The predicted octanol–water partition coefficient (Wildman–Crippen LogP) is 1.95. The summed E-state index contributed by atoms with van der Waals surface area (Å²) < 4.78 is 13.2. The van der Waals surface area contributed by atoms with Gasteiger partial charge in [-0.2, -0.15) is 0 Å². The zero-order valence-corrected chi connectivity index (χ0v) is 8.19. The lowest BCUT2D eigenvalue weighted by molar-refractivity contribution is 0.515. The van der Waals surface area contributed by atoms with Crippen LogP contribution in [0.15, 0.2) is 6.20 Å². The van der Waals surface area contributed by atoms with Gasteiger partial charge in [-0.05, 0) is 0 Å². The quantitative estimate of drug-likeness (QED) is 0.577. The summed E-state index contributed by atoms with van der Waals surface area (Å²) in [7, 11) is 2.36. The van der Waals surface area contributed by atoms with Gasteiger partial charge in [0.2, 0.25) is 0 Å². The molecule has 0 aliphatic rings. The van der Waals surface area contributed by atoms with Crippen LogP contribution in [0.2, 0.25) is 0 Å². The van der Waals surface area contributed by atoms with E-state index in [0.717, 1.165) is 0 Å². The van der Waals surface area contributed by atoms with E-state index in [0.29, 0.717) is 11.0 Å². The van der Waals surface area contributed by atoms with Crippen LogP contribution < -0.4 is 5.30 Å². The predicted molar refractivity (Wildman–Crippen MR) is 48.8 cm³/mol. The molecule has 1 aromatic heterocycles.